The minimum atomic E-state index is -0.582. The maximum atomic E-state index is 12.9. The molecular formula is C19H23N3O4. The Labute approximate surface area is 152 Å². The van der Waals surface area contributed by atoms with E-state index in [1.54, 1.807) is 33.9 Å². The van der Waals surface area contributed by atoms with Crippen molar-refractivity contribution in [1.29, 1.82) is 0 Å². The minimum Gasteiger partial charge on any atom is -0.439 e. The number of hydrogen-bond donors (Lipinski definition) is 0. The van der Waals surface area contributed by atoms with E-state index in [1.165, 1.54) is 0 Å². The van der Waals surface area contributed by atoms with E-state index in [1.807, 2.05) is 12.1 Å². The van der Waals surface area contributed by atoms with Crippen molar-refractivity contribution in [2.45, 2.75) is 31.3 Å². The van der Waals surface area contributed by atoms with E-state index in [0.29, 0.717) is 31.6 Å². The number of likely N-dealkylation sites (tertiary alicyclic amines) is 1. The molecule has 0 aromatic heterocycles. The second-order valence-corrected chi connectivity index (χ2v) is 7.43. The van der Waals surface area contributed by atoms with Crippen molar-refractivity contribution >= 4 is 23.6 Å². The van der Waals surface area contributed by atoms with Crippen LogP contribution >= 0.6 is 0 Å². The number of nitrogens with zero attached hydrogens (tertiary/aromatic N) is 3. The number of piperidine rings is 1. The molecule has 3 amide bonds. The molecule has 3 fully saturated rings. The second-order valence-electron chi connectivity index (χ2n) is 7.43. The zero-order valence-corrected chi connectivity index (χ0v) is 14.9. The van der Waals surface area contributed by atoms with Gasteiger partial charge in [-0.1, -0.05) is 0 Å². The first-order chi connectivity index (χ1) is 12.5. The molecule has 1 aromatic rings. The molecule has 0 aliphatic carbocycles. The highest BCUT2D eigenvalue weighted by atomic mass is 16.6. The Bertz CT molecular complexity index is 748. The lowest BCUT2D eigenvalue weighted by molar-refractivity contribution is -0.117. The number of benzene rings is 1. The predicted octanol–water partition coefficient (Wildman–Crippen LogP) is 1.87. The quantitative estimate of drug-likeness (QED) is 0.810. The van der Waals surface area contributed by atoms with Crippen LogP contribution in [0.5, 0.6) is 0 Å². The summed E-state index contributed by atoms with van der Waals surface area (Å²) >= 11 is 0. The summed E-state index contributed by atoms with van der Waals surface area (Å²) in [5.41, 5.74) is 0.849. The van der Waals surface area contributed by atoms with E-state index in [4.69, 9.17) is 4.74 Å². The summed E-state index contributed by atoms with van der Waals surface area (Å²) in [6.45, 7) is 2.34. The van der Waals surface area contributed by atoms with Gasteiger partial charge in [-0.15, -0.1) is 0 Å². The Kier molecular flexibility index (Phi) is 4.09. The van der Waals surface area contributed by atoms with E-state index in [-0.39, 0.29) is 17.9 Å². The van der Waals surface area contributed by atoms with Gasteiger partial charge in [0.2, 0.25) is 5.91 Å². The summed E-state index contributed by atoms with van der Waals surface area (Å²) in [5, 5.41) is 0. The molecule has 138 valence electrons. The summed E-state index contributed by atoms with van der Waals surface area (Å²) in [5.74, 6) is 0.0724. The largest absolute Gasteiger partial charge is 0.439 e. The van der Waals surface area contributed by atoms with Gasteiger partial charge in [-0.25, -0.2) is 4.79 Å². The highest BCUT2D eigenvalue weighted by Gasteiger charge is 2.47. The van der Waals surface area contributed by atoms with E-state index in [2.05, 4.69) is 0 Å². The van der Waals surface area contributed by atoms with Crippen LogP contribution in [0.15, 0.2) is 24.3 Å². The molecule has 1 unspecified atom stereocenters. The Morgan fingerprint density at radius 1 is 1.08 bits per heavy atom. The predicted molar refractivity (Wildman–Crippen MR) is 95.0 cm³/mol. The van der Waals surface area contributed by atoms with Crippen molar-refractivity contribution in [3.8, 4) is 0 Å². The van der Waals surface area contributed by atoms with Gasteiger partial charge >= 0.3 is 6.09 Å². The Morgan fingerprint density at radius 2 is 1.85 bits per heavy atom. The zero-order valence-electron chi connectivity index (χ0n) is 14.9. The van der Waals surface area contributed by atoms with Crippen molar-refractivity contribution in [3.63, 3.8) is 0 Å². The highest BCUT2D eigenvalue weighted by Crippen LogP contribution is 2.32. The van der Waals surface area contributed by atoms with Crippen LogP contribution in [0.3, 0.4) is 0 Å². The first-order valence-electron chi connectivity index (χ1n) is 9.11. The van der Waals surface area contributed by atoms with Crippen LogP contribution in [0.4, 0.5) is 10.5 Å². The number of ether oxygens (including phenoxy) is 1. The van der Waals surface area contributed by atoms with Gasteiger partial charge in [-0.05, 0) is 43.5 Å². The van der Waals surface area contributed by atoms with Crippen molar-refractivity contribution in [2.24, 2.45) is 0 Å². The highest BCUT2D eigenvalue weighted by molar-refractivity contribution is 5.97. The molecule has 3 aliphatic heterocycles. The molecule has 3 saturated heterocycles. The second kappa shape index (κ2) is 6.30. The van der Waals surface area contributed by atoms with Gasteiger partial charge in [0.25, 0.3) is 5.91 Å². The minimum absolute atomic E-state index is 0.0611. The van der Waals surface area contributed by atoms with Crippen LogP contribution in [-0.2, 0) is 9.53 Å². The van der Waals surface area contributed by atoms with Gasteiger partial charge < -0.3 is 19.4 Å². The van der Waals surface area contributed by atoms with Gasteiger partial charge in [0.15, 0.2) is 0 Å². The van der Waals surface area contributed by atoms with Crippen molar-refractivity contribution < 1.29 is 19.1 Å². The molecule has 0 N–H and O–H groups in total. The van der Waals surface area contributed by atoms with Crippen molar-refractivity contribution in [2.75, 3.05) is 38.1 Å². The van der Waals surface area contributed by atoms with Gasteiger partial charge in [-0.3, -0.25) is 9.59 Å². The molecule has 26 heavy (non-hydrogen) atoms. The van der Waals surface area contributed by atoms with Gasteiger partial charge in [0.05, 0.1) is 13.1 Å². The Morgan fingerprint density at radius 3 is 2.46 bits per heavy atom. The van der Waals surface area contributed by atoms with Crippen LogP contribution in [0.2, 0.25) is 0 Å². The summed E-state index contributed by atoms with van der Waals surface area (Å²) in [7, 11) is 1.72. The Balaban J connectivity index is 1.47. The number of hydrogen-bond acceptors (Lipinski definition) is 4. The van der Waals surface area contributed by atoms with Gasteiger partial charge in [0, 0.05) is 37.8 Å². The first-order valence-corrected chi connectivity index (χ1v) is 9.11. The Hall–Kier alpha value is -2.57. The normalized spacial score (nSPS) is 26.0. The number of amides is 3. The molecule has 1 atom stereocenters. The molecule has 3 heterocycles. The lowest BCUT2D eigenvalue weighted by Gasteiger charge is -2.38. The standard InChI is InChI=1S/C19H23N3O4/c1-20-12-19(26-18(20)25)9-3-10-21(13-19)17(24)14-5-7-15(8-6-14)22-11-2-4-16(22)23/h5-8H,2-4,9-13H2,1H3. The lowest BCUT2D eigenvalue weighted by Crippen LogP contribution is -2.52. The molecule has 7 nitrogen and oxygen atoms in total. The summed E-state index contributed by atoms with van der Waals surface area (Å²) in [4.78, 5) is 41.6. The fourth-order valence-electron chi connectivity index (χ4n) is 4.16. The van der Waals surface area contributed by atoms with Crippen LogP contribution < -0.4 is 4.90 Å². The van der Waals surface area contributed by atoms with Gasteiger partial charge in [0.1, 0.15) is 5.60 Å². The third kappa shape index (κ3) is 2.91. The number of likely N-dealkylation sites (N-methyl/N-ethyl adjacent to an activating group) is 1. The third-order valence-corrected chi connectivity index (χ3v) is 5.47. The molecule has 0 saturated carbocycles. The van der Waals surface area contributed by atoms with Crippen LogP contribution in [-0.4, -0.2) is 66.5 Å². The van der Waals surface area contributed by atoms with E-state index < -0.39 is 5.60 Å². The van der Waals surface area contributed by atoms with Crippen molar-refractivity contribution in [3.05, 3.63) is 29.8 Å². The SMILES string of the molecule is CN1CC2(CCCN(C(=O)c3ccc(N4CCCC4=O)cc3)C2)OC1=O. The monoisotopic (exact) mass is 357 g/mol. The number of carbonyl (C=O) groups excluding carboxylic acids is 3. The number of carbonyl (C=O) groups is 3. The maximum absolute atomic E-state index is 12.9. The molecule has 0 radical (unpaired) electrons. The topological polar surface area (TPSA) is 70.2 Å². The molecule has 3 aliphatic rings. The van der Waals surface area contributed by atoms with E-state index >= 15 is 0 Å². The zero-order chi connectivity index (χ0) is 18.3. The smallest absolute Gasteiger partial charge is 0.410 e. The average molecular weight is 357 g/mol. The first kappa shape index (κ1) is 16.9. The fourth-order valence-corrected chi connectivity index (χ4v) is 4.16. The van der Waals surface area contributed by atoms with Crippen molar-refractivity contribution in [1.82, 2.24) is 9.80 Å². The average Bonchev–Trinajstić information content (AvgIpc) is 3.17. The lowest BCUT2D eigenvalue weighted by atomic mass is 9.92. The van der Waals surface area contributed by atoms with E-state index in [0.717, 1.165) is 31.5 Å². The summed E-state index contributed by atoms with van der Waals surface area (Å²) in [6.07, 6.45) is 2.74. The number of rotatable bonds is 2. The van der Waals surface area contributed by atoms with Gasteiger partial charge in [-0.2, -0.15) is 0 Å². The number of anilines is 1. The molecule has 1 spiro atoms. The van der Waals surface area contributed by atoms with Crippen LogP contribution in [0, 0.1) is 0 Å². The van der Waals surface area contributed by atoms with Crippen LogP contribution in [0.1, 0.15) is 36.0 Å². The molecule has 1 aromatic carbocycles. The van der Waals surface area contributed by atoms with E-state index in [9.17, 15) is 14.4 Å². The molecule has 0 bridgehead atoms. The maximum Gasteiger partial charge on any atom is 0.410 e. The molecular weight excluding hydrogens is 334 g/mol. The van der Waals surface area contributed by atoms with Crippen LogP contribution in [0.25, 0.3) is 0 Å². The molecule has 4 rings (SSSR count). The summed E-state index contributed by atoms with van der Waals surface area (Å²) in [6, 6.07) is 7.22. The molecule has 7 heteroatoms. The third-order valence-electron chi connectivity index (χ3n) is 5.47. The fraction of sp³-hybridized carbons (Fsp3) is 0.526. The summed E-state index contributed by atoms with van der Waals surface area (Å²) < 4.78 is 5.57.